The number of nitrogens with zero attached hydrogens (tertiary/aromatic N) is 2. The molecule has 0 aliphatic heterocycles. The fourth-order valence-corrected chi connectivity index (χ4v) is 3.23. The quantitative estimate of drug-likeness (QED) is 0.510. The average molecular weight is 451 g/mol. The lowest BCUT2D eigenvalue weighted by atomic mass is 10.1. The van der Waals surface area contributed by atoms with Gasteiger partial charge in [0.15, 0.2) is 23.5 Å². The van der Waals surface area contributed by atoms with E-state index >= 15 is 0 Å². The minimum Gasteiger partial charge on any atom is -0.481 e. The molecule has 0 amide bonds. The van der Waals surface area contributed by atoms with Gasteiger partial charge in [0.05, 0.1) is 17.1 Å². The first kappa shape index (κ1) is 22.7. The van der Waals surface area contributed by atoms with E-state index in [9.17, 15) is 13.6 Å². The van der Waals surface area contributed by atoms with Crippen LogP contribution in [0.3, 0.4) is 0 Å². The summed E-state index contributed by atoms with van der Waals surface area (Å²) in [5, 5.41) is 14.1. The van der Waals surface area contributed by atoms with Crippen LogP contribution >= 0.6 is 11.6 Å². The molecule has 6 nitrogen and oxygen atoms in total. The fourth-order valence-electron chi connectivity index (χ4n) is 3.11. The predicted molar refractivity (Wildman–Crippen MR) is 111 cm³/mol. The first-order valence-electron chi connectivity index (χ1n) is 9.55. The fraction of sp³-hybridized carbons (Fsp3) is 0.273. The first-order chi connectivity index (χ1) is 14.8. The smallest absolute Gasteiger partial charge is 0.333 e. The van der Waals surface area contributed by atoms with Crippen molar-refractivity contribution >= 4 is 17.6 Å². The van der Waals surface area contributed by atoms with E-state index in [-0.39, 0.29) is 25.2 Å². The van der Waals surface area contributed by atoms with Crippen LogP contribution in [0.1, 0.15) is 23.9 Å². The van der Waals surface area contributed by atoms with Gasteiger partial charge in [-0.15, -0.1) is 0 Å². The van der Waals surface area contributed by atoms with E-state index in [2.05, 4.69) is 5.10 Å². The number of halogens is 3. The van der Waals surface area contributed by atoms with E-state index in [4.69, 9.17) is 26.2 Å². The molecule has 2 aromatic carbocycles. The zero-order valence-electron chi connectivity index (χ0n) is 16.9. The second kappa shape index (κ2) is 9.89. The van der Waals surface area contributed by atoms with E-state index in [1.54, 1.807) is 48.9 Å². The van der Waals surface area contributed by atoms with Crippen molar-refractivity contribution in [1.29, 1.82) is 0 Å². The summed E-state index contributed by atoms with van der Waals surface area (Å²) >= 11 is 5.92. The number of rotatable bonds is 9. The normalized spacial score (nSPS) is 12.0. The number of aryl methyl sites for hydroxylation is 1. The van der Waals surface area contributed by atoms with Crippen LogP contribution in [-0.2, 0) is 22.6 Å². The van der Waals surface area contributed by atoms with Crippen molar-refractivity contribution in [2.75, 3.05) is 6.61 Å². The van der Waals surface area contributed by atoms with Crippen LogP contribution in [0.2, 0.25) is 5.02 Å². The molecule has 0 fully saturated rings. The summed E-state index contributed by atoms with van der Waals surface area (Å²) in [5.41, 5.74) is 2.18. The standard InChI is InChI=1S/C22H21ClF2N2O4/c1-3-30-20(22(28)29)11-14-9-18(24)21(19(25)10-14)31-12-17-8-13(2)26-27(17)16-6-4-15(23)5-7-16/h4-10,20H,3,11-12H2,1-2H3,(H,28,29). The molecule has 0 spiro atoms. The summed E-state index contributed by atoms with van der Waals surface area (Å²) in [6, 6.07) is 10.8. The van der Waals surface area contributed by atoms with Gasteiger partial charge in [0.2, 0.25) is 0 Å². The number of aliphatic carboxylic acids is 1. The van der Waals surface area contributed by atoms with Gasteiger partial charge in [-0.25, -0.2) is 18.3 Å². The van der Waals surface area contributed by atoms with E-state index in [1.165, 1.54) is 0 Å². The minimum absolute atomic E-state index is 0.132. The molecule has 0 radical (unpaired) electrons. The maximum absolute atomic E-state index is 14.5. The lowest BCUT2D eigenvalue weighted by Crippen LogP contribution is -2.26. The summed E-state index contributed by atoms with van der Waals surface area (Å²) in [6.07, 6.45) is -1.35. The average Bonchev–Trinajstić information content (AvgIpc) is 3.08. The number of ether oxygens (including phenoxy) is 2. The molecule has 1 N–H and O–H groups in total. The number of aromatic nitrogens is 2. The summed E-state index contributed by atoms with van der Waals surface area (Å²) < 4.78 is 41.2. The van der Waals surface area contributed by atoms with Crippen LogP contribution in [-0.4, -0.2) is 33.6 Å². The van der Waals surface area contributed by atoms with Gasteiger partial charge >= 0.3 is 5.97 Å². The Kier molecular flexibility index (Phi) is 7.25. The number of carboxylic acid groups (broad SMARTS) is 1. The SMILES string of the molecule is CCOC(Cc1cc(F)c(OCc2cc(C)nn2-c2ccc(Cl)cc2)c(F)c1)C(=O)O. The summed E-state index contributed by atoms with van der Waals surface area (Å²) in [6.45, 7) is 3.48. The van der Waals surface area contributed by atoms with Crippen LogP contribution in [0.5, 0.6) is 5.75 Å². The maximum Gasteiger partial charge on any atom is 0.333 e. The molecule has 3 rings (SSSR count). The van der Waals surface area contributed by atoms with Gasteiger partial charge < -0.3 is 14.6 Å². The van der Waals surface area contributed by atoms with Crippen LogP contribution in [0.15, 0.2) is 42.5 Å². The number of hydrogen-bond donors (Lipinski definition) is 1. The molecule has 1 unspecified atom stereocenters. The summed E-state index contributed by atoms with van der Waals surface area (Å²) in [5.74, 6) is -3.60. The Balaban J connectivity index is 1.78. The number of hydrogen-bond acceptors (Lipinski definition) is 4. The largest absolute Gasteiger partial charge is 0.481 e. The second-order valence-electron chi connectivity index (χ2n) is 6.83. The Labute approximate surface area is 183 Å². The molecule has 0 saturated carbocycles. The molecule has 1 aromatic heterocycles. The van der Waals surface area contributed by atoms with Crippen LogP contribution in [0, 0.1) is 18.6 Å². The lowest BCUT2D eigenvalue weighted by Gasteiger charge is -2.14. The van der Waals surface area contributed by atoms with Gasteiger partial charge in [0.1, 0.15) is 6.61 Å². The van der Waals surface area contributed by atoms with Crippen LogP contribution < -0.4 is 4.74 Å². The van der Waals surface area contributed by atoms with Gasteiger partial charge in [-0.1, -0.05) is 11.6 Å². The summed E-state index contributed by atoms with van der Waals surface area (Å²) in [4.78, 5) is 11.2. The Bertz CT molecular complexity index is 1050. The van der Waals surface area contributed by atoms with Crippen LogP contribution in [0.4, 0.5) is 8.78 Å². The second-order valence-corrected chi connectivity index (χ2v) is 7.27. The molecule has 1 atom stereocenters. The number of carboxylic acids is 1. The molecule has 0 aliphatic rings. The van der Waals surface area contributed by atoms with Crippen molar-refractivity contribution < 1.29 is 28.2 Å². The van der Waals surface area contributed by atoms with Gasteiger partial charge in [0.25, 0.3) is 0 Å². The predicted octanol–water partition coefficient (Wildman–Crippen LogP) is 4.72. The Morgan fingerprint density at radius 1 is 1.19 bits per heavy atom. The van der Waals surface area contributed by atoms with Crippen molar-refractivity contribution in [3.63, 3.8) is 0 Å². The highest BCUT2D eigenvalue weighted by Gasteiger charge is 2.21. The Morgan fingerprint density at radius 2 is 1.84 bits per heavy atom. The molecule has 0 bridgehead atoms. The number of carbonyl (C=O) groups is 1. The lowest BCUT2D eigenvalue weighted by molar-refractivity contribution is -0.149. The van der Waals surface area contributed by atoms with Gasteiger partial charge in [-0.3, -0.25) is 0 Å². The third-order valence-electron chi connectivity index (χ3n) is 4.46. The van der Waals surface area contributed by atoms with Crippen LogP contribution in [0.25, 0.3) is 5.69 Å². The zero-order chi connectivity index (χ0) is 22.5. The summed E-state index contributed by atoms with van der Waals surface area (Å²) in [7, 11) is 0. The molecule has 0 aliphatic carbocycles. The molecule has 0 saturated heterocycles. The van der Waals surface area contributed by atoms with Gasteiger partial charge in [-0.2, -0.15) is 5.10 Å². The van der Waals surface area contributed by atoms with E-state index < -0.39 is 29.5 Å². The Hall–Kier alpha value is -2.97. The highest BCUT2D eigenvalue weighted by Crippen LogP contribution is 2.26. The van der Waals surface area contributed by atoms with Gasteiger partial charge in [-0.05, 0) is 61.9 Å². The highest BCUT2D eigenvalue weighted by atomic mass is 35.5. The van der Waals surface area contributed by atoms with Crippen molar-refractivity contribution in [2.24, 2.45) is 0 Å². The monoisotopic (exact) mass is 450 g/mol. The molecular weight excluding hydrogens is 430 g/mol. The molecule has 164 valence electrons. The molecule has 31 heavy (non-hydrogen) atoms. The minimum atomic E-state index is -1.20. The van der Waals surface area contributed by atoms with E-state index in [1.807, 2.05) is 0 Å². The topological polar surface area (TPSA) is 73.6 Å². The zero-order valence-corrected chi connectivity index (χ0v) is 17.7. The molecule has 1 heterocycles. The molecule has 3 aromatic rings. The Morgan fingerprint density at radius 3 is 2.42 bits per heavy atom. The molecule has 9 heteroatoms. The van der Waals surface area contributed by atoms with Crippen molar-refractivity contribution in [3.05, 3.63) is 76.1 Å². The number of benzene rings is 2. The third-order valence-corrected chi connectivity index (χ3v) is 4.72. The first-order valence-corrected chi connectivity index (χ1v) is 9.93. The maximum atomic E-state index is 14.5. The van der Waals surface area contributed by atoms with Crippen molar-refractivity contribution in [3.8, 4) is 11.4 Å². The van der Waals surface area contributed by atoms with E-state index in [0.717, 1.165) is 17.8 Å². The van der Waals surface area contributed by atoms with E-state index in [0.29, 0.717) is 16.4 Å². The third kappa shape index (κ3) is 5.59. The molecular formula is C22H21ClF2N2O4. The van der Waals surface area contributed by atoms with Crippen molar-refractivity contribution in [1.82, 2.24) is 9.78 Å². The highest BCUT2D eigenvalue weighted by molar-refractivity contribution is 6.30. The van der Waals surface area contributed by atoms with Crippen molar-refractivity contribution in [2.45, 2.75) is 33.0 Å². The van der Waals surface area contributed by atoms with Gasteiger partial charge in [0, 0.05) is 18.1 Å².